The molecule has 116 valence electrons. The topological polar surface area (TPSA) is 58.6 Å². The summed E-state index contributed by atoms with van der Waals surface area (Å²) in [4.78, 5) is 11.8. The summed E-state index contributed by atoms with van der Waals surface area (Å²) in [5.41, 5.74) is -0.184. The number of hydrogen-bond donors (Lipinski definition) is 2. The summed E-state index contributed by atoms with van der Waals surface area (Å²) in [7, 11) is 0. The molecule has 0 heterocycles. The largest absolute Gasteiger partial charge is 0.491 e. The first kappa shape index (κ1) is 15.8. The van der Waals surface area contributed by atoms with E-state index in [0.717, 1.165) is 12.8 Å². The summed E-state index contributed by atoms with van der Waals surface area (Å²) < 4.78 is 18.8. The van der Waals surface area contributed by atoms with Crippen molar-refractivity contribution in [1.82, 2.24) is 5.32 Å². The van der Waals surface area contributed by atoms with Gasteiger partial charge in [0, 0.05) is 6.54 Å². The first-order chi connectivity index (χ1) is 10.0. The smallest absolute Gasteiger partial charge is 0.223 e. The Balaban J connectivity index is 1.85. The van der Waals surface area contributed by atoms with Crippen LogP contribution in [-0.4, -0.2) is 23.2 Å². The number of nitrogens with one attached hydrogen (secondary N) is 1. The molecule has 1 aliphatic carbocycles. The van der Waals surface area contributed by atoms with E-state index in [-0.39, 0.29) is 24.6 Å². The third-order valence-corrected chi connectivity index (χ3v) is 3.81. The molecule has 0 spiro atoms. The van der Waals surface area contributed by atoms with Crippen LogP contribution in [0.25, 0.3) is 0 Å². The molecule has 1 fully saturated rings. The van der Waals surface area contributed by atoms with Crippen LogP contribution in [0.2, 0.25) is 0 Å². The molecule has 2 N–H and O–H groups in total. The van der Waals surface area contributed by atoms with Gasteiger partial charge in [-0.05, 0) is 37.5 Å². The molecule has 0 aromatic heterocycles. The number of ether oxygens (including phenoxy) is 1. The van der Waals surface area contributed by atoms with Crippen LogP contribution in [0.15, 0.2) is 18.2 Å². The fourth-order valence-corrected chi connectivity index (χ4v) is 2.70. The van der Waals surface area contributed by atoms with Crippen LogP contribution in [0.5, 0.6) is 5.75 Å². The van der Waals surface area contributed by atoms with Crippen molar-refractivity contribution in [2.75, 3.05) is 6.61 Å². The number of aliphatic hydroxyl groups is 1. The van der Waals surface area contributed by atoms with Gasteiger partial charge in [-0.1, -0.05) is 18.9 Å². The van der Waals surface area contributed by atoms with Crippen molar-refractivity contribution in [3.8, 4) is 5.75 Å². The third kappa shape index (κ3) is 4.43. The maximum atomic E-state index is 13.7. The van der Waals surface area contributed by atoms with Crippen molar-refractivity contribution in [3.05, 3.63) is 29.6 Å². The van der Waals surface area contributed by atoms with E-state index < -0.39 is 11.4 Å². The van der Waals surface area contributed by atoms with Crippen LogP contribution in [0.4, 0.5) is 4.39 Å². The molecule has 1 aromatic carbocycles. The molecule has 1 aliphatic rings. The molecule has 4 nitrogen and oxygen atoms in total. The van der Waals surface area contributed by atoms with Gasteiger partial charge >= 0.3 is 0 Å². The van der Waals surface area contributed by atoms with Gasteiger partial charge in [-0.25, -0.2) is 4.39 Å². The Hall–Kier alpha value is -1.62. The van der Waals surface area contributed by atoms with Gasteiger partial charge in [-0.15, -0.1) is 0 Å². The van der Waals surface area contributed by atoms with Gasteiger partial charge in [-0.3, -0.25) is 4.79 Å². The summed E-state index contributed by atoms with van der Waals surface area (Å²) in [5.74, 6) is -0.417. The van der Waals surface area contributed by atoms with Crippen molar-refractivity contribution in [1.29, 1.82) is 0 Å². The van der Waals surface area contributed by atoms with Gasteiger partial charge in [0.05, 0.1) is 18.6 Å². The van der Waals surface area contributed by atoms with Gasteiger partial charge in [0.2, 0.25) is 5.91 Å². The zero-order valence-corrected chi connectivity index (χ0v) is 12.3. The second-order valence-electron chi connectivity index (χ2n) is 5.58. The number of hydrogen-bond acceptors (Lipinski definition) is 3. The lowest BCUT2D eigenvalue weighted by Gasteiger charge is -2.21. The summed E-state index contributed by atoms with van der Waals surface area (Å²) in [6, 6.07) is 4.64. The molecule has 0 radical (unpaired) electrons. The Morgan fingerprint density at radius 3 is 2.76 bits per heavy atom. The molecular weight excluding hydrogens is 273 g/mol. The average molecular weight is 295 g/mol. The molecule has 0 bridgehead atoms. The van der Waals surface area contributed by atoms with E-state index in [1.165, 1.54) is 6.07 Å². The van der Waals surface area contributed by atoms with Gasteiger partial charge < -0.3 is 15.2 Å². The van der Waals surface area contributed by atoms with Gasteiger partial charge in [0.25, 0.3) is 0 Å². The maximum Gasteiger partial charge on any atom is 0.223 e. The Morgan fingerprint density at radius 1 is 1.43 bits per heavy atom. The number of rotatable bonds is 6. The van der Waals surface area contributed by atoms with Crippen LogP contribution >= 0.6 is 0 Å². The lowest BCUT2D eigenvalue weighted by molar-refractivity contribution is -0.126. The van der Waals surface area contributed by atoms with E-state index in [9.17, 15) is 14.3 Å². The molecule has 21 heavy (non-hydrogen) atoms. The lowest BCUT2D eigenvalue weighted by atomic mass is 9.97. The van der Waals surface area contributed by atoms with Crippen molar-refractivity contribution in [2.45, 2.75) is 51.2 Å². The first-order valence-corrected chi connectivity index (χ1v) is 7.43. The van der Waals surface area contributed by atoms with Crippen molar-refractivity contribution < 1.29 is 19.0 Å². The summed E-state index contributed by atoms with van der Waals surface area (Å²) in [6.07, 6.45) is 3.41. The van der Waals surface area contributed by atoms with Crippen LogP contribution in [0, 0.1) is 5.82 Å². The zero-order valence-electron chi connectivity index (χ0n) is 12.3. The second-order valence-corrected chi connectivity index (χ2v) is 5.58. The Kier molecular flexibility index (Phi) is 5.17. The summed E-state index contributed by atoms with van der Waals surface area (Å²) in [5, 5.41) is 12.9. The highest BCUT2D eigenvalue weighted by atomic mass is 19.1. The van der Waals surface area contributed by atoms with E-state index >= 15 is 0 Å². The lowest BCUT2D eigenvalue weighted by Crippen LogP contribution is -2.34. The summed E-state index contributed by atoms with van der Waals surface area (Å²) in [6.45, 7) is 2.45. The van der Waals surface area contributed by atoms with E-state index in [1.54, 1.807) is 19.1 Å². The molecular formula is C16H22FNO3. The van der Waals surface area contributed by atoms with Gasteiger partial charge in [-0.2, -0.15) is 0 Å². The Labute approximate surface area is 124 Å². The molecule has 1 amide bonds. The minimum Gasteiger partial charge on any atom is -0.491 e. The monoisotopic (exact) mass is 295 g/mol. The molecule has 0 saturated heterocycles. The summed E-state index contributed by atoms with van der Waals surface area (Å²) >= 11 is 0. The number of carbonyl (C=O) groups is 1. The third-order valence-electron chi connectivity index (χ3n) is 3.81. The average Bonchev–Trinajstić information content (AvgIpc) is 2.86. The molecule has 0 unspecified atom stereocenters. The number of carbonyl (C=O) groups excluding carboxylic acids is 1. The standard InChI is InChI=1S/C16H22FNO3/c1-2-21-14-6-5-12(9-13(14)17)11-18-15(19)10-16(20)7-3-4-8-16/h5-6,9,20H,2-4,7-8,10-11H2,1H3,(H,18,19). The Bertz CT molecular complexity index is 498. The highest BCUT2D eigenvalue weighted by Gasteiger charge is 2.33. The molecule has 5 heteroatoms. The van der Waals surface area contributed by atoms with E-state index in [1.807, 2.05) is 0 Å². The van der Waals surface area contributed by atoms with Crippen molar-refractivity contribution >= 4 is 5.91 Å². The number of halogens is 1. The van der Waals surface area contributed by atoms with E-state index in [0.29, 0.717) is 25.0 Å². The van der Waals surface area contributed by atoms with Crippen molar-refractivity contribution in [2.24, 2.45) is 0 Å². The van der Waals surface area contributed by atoms with Crippen LogP contribution in [-0.2, 0) is 11.3 Å². The number of benzene rings is 1. The van der Waals surface area contributed by atoms with Crippen LogP contribution in [0.3, 0.4) is 0 Å². The SMILES string of the molecule is CCOc1ccc(CNC(=O)CC2(O)CCCC2)cc1F. The fourth-order valence-electron chi connectivity index (χ4n) is 2.70. The quantitative estimate of drug-likeness (QED) is 0.848. The molecule has 1 aromatic rings. The Morgan fingerprint density at radius 2 is 2.14 bits per heavy atom. The molecule has 0 aliphatic heterocycles. The normalized spacial score (nSPS) is 16.7. The highest BCUT2D eigenvalue weighted by Crippen LogP contribution is 2.32. The zero-order chi connectivity index (χ0) is 15.3. The van der Waals surface area contributed by atoms with Crippen LogP contribution in [0.1, 0.15) is 44.6 Å². The minimum atomic E-state index is -0.853. The van der Waals surface area contributed by atoms with E-state index in [4.69, 9.17) is 4.74 Å². The van der Waals surface area contributed by atoms with Gasteiger partial charge in [0.1, 0.15) is 0 Å². The maximum absolute atomic E-state index is 13.7. The number of amides is 1. The molecule has 1 saturated carbocycles. The minimum absolute atomic E-state index is 0.118. The second kappa shape index (κ2) is 6.89. The van der Waals surface area contributed by atoms with Gasteiger partial charge in [0.15, 0.2) is 11.6 Å². The highest BCUT2D eigenvalue weighted by molar-refractivity contribution is 5.77. The predicted molar refractivity (Wildman–Crippen MR) is 77.5 cm³/mol. The predicted octanol–water partition coefficient (Wildman–Crippen LogP) is 2.54. The van der Waals surface area contributed by atoms with Crippen LogP contribution < -0.4 is 10.1 Å². The fraction of sp³-hybridized carbons (Fsp3) is 0.562. The first-order valence-electron chi connectivity index (χ1n) is 7.43. The van der Waals surface area contributed by atoms with Crippen molar-refractivity contribution in [3.63, 3.8) is 0 Å². The molecule has 2 rings (SSSR count). The molecule has 0 atom stereocenters. The van der Waals surface area contributed by atoms with E-state index in [2.05, 4.69) is 5.32 Å².